The van der Waals surface area contributed by atoms with E-state index in [2.05, 4.69) is 30.7 Å². The van der Waals surface area contributed by atoms with Gasteiger partial charge in [-0.25, -0.2) is 9.83 Å². The van der Waals surface area contributed by atoms with Crippen molar-refractivity contribution in [3.05, 3.63) is 57.8 Å². The largest absolute Gasteiger partial charge is 0.363 e. The number of pyridine rings is 2. The van der Waals surface area contributed by atoms with E-state index in [1.807, 2.05) is 31.5 Å². The summed E-state index contributed by atoms with van der Waals surface area (Å²) < 4.78 is 0. The highest BCUT2D eigenvalue weighted by atomic mass is 35.5. The molecule has 2 aromatic heterocycles. The summed E-state index contributed by atoms with van der Waals surface area (Å²) in [6, 6.07) is 6.14. The maximum atomic E-state index is 9.32. The van der Waals surface area contributed by atoms with Crippen LogP contribution in [0.5, 0.6) is 0 Å². The van der Waals surface area contributed by atoms with Gasteiger partial charge in [0.05, 0.1) is 12.1 Å². The Bertz CT molecular complexity index is 860. The lowest BCUT2D eigenvalue weighted by molar-refractivity contribution is 0.249. The van der Waals surface area contributed by atoms with E-state index < -0.39 is 0 Å². The van der Waals surface area contributed by atoms with Crippen molar-refractivity contribution in [2.45, 2.75) is 19.9 Å². The Morgan fingerprint density at radius 3 is 2.54 bits per heavy atom. The van der Waals surface area contributed by atoms with Crippen molar-refractivity contribution in [1.29, 1.82) is 5.26 Å². The van der Waals surface area contributed by atoms with Gasteiger partial charge in [-0.2, -0.15) is 5.26 Å². The molecule has 1 aliphatic rings. The molecule has 0 spiro atoms. The van der Waals surface area contributed by atoms with Crippen LogP contribution in [0.4, 0.5) is 11.5 Å². The van der Waals surface area contributed by atoms with Crippen LogP contribution in [0.2, 0.25) is 5.15 Å². The number of nitriles is 1. The van der Waals surface area contributed by atoms with Crippen LogP contribution in [0.3, 0.4) is 0 Å². The molecule has 1 saturated heterocycles. The molecule has 0 N–H and O–H groups in total. The van der Waals surface area contributed by atoms with Crippen LogP contribution in [0.1, 0.15) is 23.6 Å². The summed E-state index contributed by atoms with van der Waals surface area (Å²) in [5.74, 6) is 0.601. The SMILES string of the molecule is [C-]#[N+]c1c(N2CCN(Cc3ccncc3)CC2)nc(Cl)c(C#N)c1CC. The zero-order valence-electron chi connectivity index (χ0n) is 14.6. The molecule has 26 heavy (non-hydrogen) atoms. The minimum atomic E-state index is 0.186. The highest BCUT2D eigenvalue weighted by molar-refractivity contribution is 6.31. The summed E-state index contributed by atoms with van der Waals surface area (Å²) in [6.45, 7) is 13.7. The summed E-state index contributed by atoms with van der Waals surface area (Å²) in [5, 5.41) is 9.51. The second-order valence-corrected chi connectivity index (χ2v) is 6.48. The fourth-order valence-corrected chi connectivity index (χ4v) is 3.48. The average Bonchev–Trinajstić information content (AvgIpc) is 2.68. The molecule has 0 bridgehead atoms. The Hall–Kier alpha value is -2.67. The van der Waals surface area contributed by atoms with E-state index in [9.17, 15) is 5.26 Å². The van der Waals surface area contributed by atoms with E-state index in [0.29, 0.717) is 29.1 Å². The number of rotatable bonds is 4. The molecular weight excluding hydrogens is 348 g/mol. The number of nitrogens with zero attached hydrogens (tertiary/aromatic N) is 6. The van der Waals surface area contributed by atoms with Crippen molar-refractivity contribution in [2.75, 3.05) is 31.1 Å². The Morgan fingerprint density at radius 1 is 1.27 bits per heavy atom. The van der Waals surface area contributed by atoms with Crippen LogP contribution in [0, 0.1) is 17.9 Å². The van der Waals surface area contributed by atoms with Gasteiger partial charge in [-0.05, 0) is 29.7 Å². The number of aromatic nitrogens is 2. The van der Waals surface area contributed by atoms with Gasteiger partial charge >= 0.3 is 0 Å². The topological polar surface area (TPSA) is 60.4 Å². The van der Waals surface area contributed by atoms with Gasteiger partial charge in [0.1, 0.15) is 17.0 Å². The molecule has 6 nitrogen and oxygen atoms in total. The van der Waals surface area contributed by atoms with Crippen molar-refractivity contribution in [1.82, 2.24) is 14.9 Å². The van der Waals surface area contributed by atoms with Crippen molar-refractivity contribution in [2.24, 2.45) is 0 Å². The highest BCUT2D eigenvalue weighted by Gasteiger charge is 2.25. The lowest BCUT2D eigenvalue weighted by Gasteiger charge is -2.36. The van der Waals surface area contributed by atoms with Gasteiger partial charge in [-0.3, -0.25) is 9.88 Å². The lowest BCUT2D eigenvalue weighted by atomic mass is 10.1. The molecule has 3 heterocycles. The highest BCUT2D eigenvalue weighted by Crippen LogP contribution is 2.36. The number of hydrogen-bond acceptors (Lipinski definition) is 5. The maximum Gasteiger partial charge on any atom is 0.232 e. The van der Waals surface area contributed by atoms with Crippen LogP contribution in [-0.2, 0) is 13.0 Å². The zero-order valence-corrected chi connectivity index (χ0v) is 15.4. The normalized spacial score (nSPS) is 14.7. The average molecular weight is 367 g/mol. The van der Waals surface area contributed by atoms with E-state index in [1.165, 1.54) is 5.56 Å². The Balaban J connectivity index is 1.78. The molecular formula is C19H19ClN6. The molecule has 132 valence electrons. The van der Waals surface area contributed by atoms with E-state index in [-0.39, 0.29) is 5.15 Å². The van der Waals surface area contributed by atoms with Crippen LogP contribution >= 0.6 is 11.6 Å². The second kappa shape index (κ2) is 8.14. The number of anilines is 1. The van der Waals surface area contributed by atoms with Gasteiger partial charge in [-0.1, -0.05) is 18.5 Å². The summed E-state index contributed by atoms with van der Waals surface area (Å²) in [7, 11) is 0. The van der Waals surface area contributed by atoms with Crippen LogP contribution in [-0.4, -0.2) is 41.0 Å². The minimum Gasteiger partial charge on any atom is -0.363 e. The molecule has 0 saturated carbocycles. The summed E-state index contributed by atoms with van der Waals surface area (Å²) in [5.41, 5.74) is 2.70. The first-order valence-electron chi connectivity index (χ1n) is 8.54. The van der Waals surface area contributed by atoms with Crippen molar-refractivity contribution in [3.63, 3.8) is 0 Å². The van der Waals surface area contributed by atoms with Crippen LogP contribution in [0.15, 0.2) is 24.5 Å². The van der Waals surface area contributed by atoms with Gasteiger partial charge in [0.25, 0.3) is 0 Å². The molecule has 3 rings (SSSR count). The third kappa shape index (κ3) is 3.62. The molecule has 0 unspecified atom stereocenters. The Labute approximate surface area is 158 Å². The lowest BCUT2D eigenvalue weighted by Crippen LogP contribution is -2.46. The van der Waals surface area contributed by atoms with E-state index in [0.717, 1.165) is 32.7 Å². The third-order valence-electron chi connectivity index (χ3n) is 4.61. The van der Waals surface area contributed by atoms with Gasteiger partial charge in [0, 0.05) is 45.1 Å². The summed E-state index contributed by atoms with van der Waals surface area (Å²) in [6.07, 6.45) is 4.20. The quantitative estimate of drug-likeness (QED) is 0.612. The van der Waals surface area contributed by atoms with Crippen molar-refractivity contribution >= 4 is 23.1 Å². The van der Waals surface area contributed by atoms with Gasteiger partial charge in [-0.15, -0.1) is 0 Å². The number of halogens is 1. The molecule has 0 aromatic carbocycles. The molecule has 1 fully saturated rings. The summed E-state index contributed by atoms with van der Waals surface area (Å²) >= 11 is 6.22. The van der Waals surface area contributed by atoms with E-state index in [4.69, 9.17) is 18.2 Å². The molecule has 0 atom stereocenters. The van der Waals surface area contributed by atoms with Gasteiger partial charge in [0.2, 0.25) is 5.69 Å². The Kier molecular flexibility index (Phi) is 5.68. The second-order valence-electron chi connectivity index (χ2n) is 6.12. The standard InChI is InChI=1S/C19H19ClN6/c1-3-15-16(12-21)18(20)24-19(17(15)22-2)26-10-8-25(9-11-26)13-14-4-6-23-7-5-14/h4-7H,3,8-11,13H2,1H3. The van der Waals surface area contributed by atoms with Crippen molar-refractivity contribution in [3.8, 4) is 6.07 Å². The fourth-order valence-electron chi connectivity index (χ4n) is 3.24. The minimum absolute atomic E-state index is 0.186. The predicted octanol–water partition coefficient (Wildman–Crippen LogP) is 3.44. The molecule has 1 aliphatic heterocycles. The maximum absolute atomic E-state index is 9.32. The predicted molar refractivity (Wildman–Crippen MR) is 101 cm³/mol. The van der Waals surface area contributed by atoms with Gasteiger partial charge < -0.3 is 4.90 Å². The Morgan fingerprint density at radius 2 is 1.96 bits per heavy atom. The monoisotopic (exact) mass is 366 g/mol. The molecule has 0 amide bonds. The molecule has 7 heteroatoms. The molecule has 0 aliphatic carbocycles. The first kappa shape index (κ1) is 18.1. The van der Waals surface area contributed by atoms with Crippen LogP contribution in [0.25, 0.3) is 4.85 Å². The fraction of sp³-hybridized carbons (Fsp3) is 0.368. The number of hydrogen-bond donors (Lipinski definition) is 0. The summed E-state index contributed by atoms with van der Waals surface area (Å²) in [4.78, 5) is 16.6. The van der Waals surface area contributed by atoms with Crippen molar-refractivity contribution < 1.29 is 0 Å². The first-order chi connectivity index (χ1) is 12.7. The van der Waals surface area contributed by atoms with Gasteiger partial charge in [0.15, 0.2) is 0 Å². The smallest absolute Gasteiger partial charge is 0.232 e. The van der Waals surface area contributed by atoms with E-state index in [1.54, 1.807) is 0 Å². The van der Waals surface area contributed by atoms with Crippen LogP contribution < -0.4 is 4.90 Å². The number of piperazine rings is 1. The third-order valence-corrected chi connectivity index (χ3v) is 4.89. The molecule has 0 radical (unpaired) electrons. The first-order valence-corrected chi connectivity index (χ1v) is 8.91. The zero-order chi connectivity index (χ0) is 18.5. The van der Waals surface area contributed by atoms with E-state index >= 15 is 0 Å². The molecule has 2 aromatic rings.